The van der Waals surface area contributed by atoms with Crippen LogP contribution in [-0.2, 0) is 0 Å². The Morgan fingerprint density at radius 2 is 1.78 bits per heavy atom. The standard InChI is InChI=1S/C27H20ClN7O/c1-17(34-26-21(25(29)32-16-33-26)11-10-18-13-30-15-31-14-18)23-12-19-6-5-9-22(28)24(19)27(36)35(23)20-7-3-2-4-8-20/h2-9,12-17H,1H3,(H3,29,32,33,34). The molecule has 0 amide bonds. The first-order chi connectivity index (χ1) is 17.5. The zero-order valence-corrected chi connectivity index (χ0v) is 19.9. The molecule has 0 fully saturated rings. The highest BCUT2D eigenvalue weighted by atomic mass is 35.5. The first kappa shape index (κ1) is 23.0. The minimum Gasteiger partial charge on any atom is -0.382 e. The molecule has 0 bridgehead atoms. The van der Waals surface area contributed by atoms with Gasteiger partial charge in [0.2, 0.25) is 0 Å². The third-order valence-electron chi connectivity index (χ3n) is 5.60. The SMILES string of the molecule is CC(Nc1ncnc(N)c1C#Cc1cncnc1)c1cc2cccc(Cl)c2c(=O)n1-c1ccccc1. The molecule has 5 aromatic rings. The third-order valence-corrected chi connectivity index (χ3v) is 5.92. The maximum Gasteiger partial charge on any atom is 0.264 e. The van der Waals surface area contributed by atoms with Crippen LogP contribution < -0.4 is 16.6 Å². The molecule has 0 aliphatic heterocycles. The molecule has 0 saturated heterocycles. The lowest BCUT2D eigenvalue weighted by Crippen LogP contribution is -2.26. The molecule has 0 aliphatic rings. The van der Waals surface area contributed by atoms with Gasteiger partial charge in [-0.1, -0.05) is 53.8 Å². The molecule has 3 aromatic heterocycles. The molecule has 9 heteroatoms. The Hall–Kier alpha value is -4.74. The Kier molecular flexibility index (Phi) is 6.31. The molecule has 2 aromatic carbocycles. The molecular formula is C27H20ClN7O. The summed E-state index contributed by atoms with van der Waals surface area (Å²) in [4.78, 5) is 30.1. The predicted molar refractivity (Wildman–Crippen MR) is 141 cm³/mol. The fourth-order valence-corrected chi connectivity index (χ4v) is 4.17. The van der Waals surface area contributed by atoms with Crippen LogP contribution in [0.4, 0.5) is 11.6 Å². The Morgan fingerprint density at radius 3 is 2.56 bits per heavy atom. The van der Waals surface area contributed by atoms with Crippen LogP contribution in [0.15, 0.2) is 84.4 Å². The van der Waals surface area contributed by atoms with Crippen molar-refractivity contribution < 1.29 is 0 Å². The summed E-state index contributed by atoms with van der Waals surface area (Å²) < 4.78 is 1.66. The van der Waals surface area contributed by atoms with Gasteiger partial charge in [0.05, 0.1) is 22.0 Å². The van der Waals surface area contributed by atoms with Crippen molar-refractivity contribution in [3.8, 4) is 17.5 Å². The number of nitrogen functional groups attached to an aromatic ring is 1. The number of nitrogens with two attached hydrogens (primary N) is 1. The molecule has 1 atom stereocenters. The van der Waals surface area contributed by atoms with E-state index in [-0.39, 0.29) is 17.4 Å². The zero-order valence-electron chi connectivity index (χ0n) is 19.2. The van der Waals surface area contributed by atoms with Gasteiger partial charge in [-0.05, 0) is 36.6 Å². The first-order valence-corrected chi connectivity index (χ1v) is 11.4. The summed E-state index contributed by atoms with van der Waals surface area (Å²) in [5, 5.41) is 4.97. The van der Waals surface area contributed by atoms with E-state index in [1.165, 1.54) is 12.7 Å². The monoisotopic (exact) mass is 493 g/mol. The number of nitrogens with zero attached hydrogens (tertiary/aromatic N) is 5. The Balaban J connectivity index is 1.62. The van der Waals surface area contributed by atoms with Crippen LogP contribution in [0.5, 0.6) is 0 Å². The van der Waals surface area contributed by atoms with Crippen molar-refractivity contribution in [3.63, 3.8) is 0 Å². The van der Waals surface area contributed by atoms with E-state index in [4.69, 9.17) is 17.3 Å². The van der Waals surface area contributed by atoms with Gasteiger partial charge in [0.15, 0.2) is 0 Å². The number of halogens is 1. The van der Waals surface area contributed by atoms with Gasteiger partial charge in [-0.15, -0.1) is 0 Å². The van der Waals surface area contributed by atoms with Crippen LogP contribution in [0.1, 0.15) is 29.8 Å². The summed E-state index contributed by atoms with van der Waals surface area (Å²) in [5.41, 5.74) is 8.43. The molecule has 36 heavy (non-hydrogen) atoms. The second-order valence-electron chi connectivity index (χ2n) is 7.98. The number of pyridine rings is 1. The van der Waals surface area contributed by atoms with E-state index in [2.05, 4.69) is 37.1 Å². The maximum absolute atomic E-state index is 13.7. The average Bonchev–Trinajstić information content (AvgIpc) is 2.89. The van der Waals surface area contributed by atoms with Crippen molar-refractivity contribution in [1.29, 1.82) is 0 Å². The lowest BCUT2D eigenvalue weighted by Gasteiger charge is -2.22. The first-order valence-electron chi connectivity index (χ1n) is 11.1. The van der Waals surface area contributed by atoms with Gasteiger partial charge in [-0.25, -0.2) is 19.9 Å². The van der Waals surface area contributed by atoms with E-state index in [0.29, 0.717) is 33.0 Å². The van der Waals surface area contributed by atoms with Gasteiger partial charge in [0.1, 0.15) is 29.9 Å². The lowest BCUT2D eigenvalue weighted by atomic mass is 10.1. The quantitative estimate of drug-likeness (QED) is 0.357. The van der Waals surface area contributed by atoms with Gasteiger partial charge >= 0.3 is 0 Å². The van der Waals surface area contributed by atoms with Crippen molar-refractivity contribution in [2.24, 2.45) is 0 Å². The maximum atomic E-state index is 13.7. The van der Waals surface area contributed by atoms with E-state index in [0.717, 1.165) is 11.1 Å². The van der Waals surface area contributed by atoms with E-state index in [9.17, 15) is 4.79 Å². The number of rotatable bonds is 4. The predicted octanol–water partition coefficient (Wildman–Crippen LogP) is 4.38. The molecular weight excluding hydrogens is 474 g/mol. The van der Waals surface area contributed by atoms with Gasteiger partial charge in [0, 0.05) is 23.8 Å². The molecule has 0 saturated carbocycles. The summed E-state index contributed by atoms with van der Waals surface area (Å²) in [6, 6.07) is 16.4. The number of aromatic nitrogens is 5. The number of para-hydroxylation sites is 1. The zero-order chi connectivity index (χ0) is 25.1. The third kappa shape index (κ3) is 4.48. The van der Waals surface area contributed by atoms with Gasteiger partial charge in [-0.2, -0.15) is 0 Å². The highest BCUT2D eigenvalue weighted by Crippen LogP contribution is 2.28. The smallest absolute Gasteiger partial charge is 0.264 e. The summed E-state index contributed by atoms with van der Waals surface area (Å²) in [7, 11) is 0. The van der Waals surface area contributed by atoms with E-state index < -0.39 is 0 Å². The summed E-state index contributed by atoms with van der Waals surface area (Å²) >= 11 is 6.42. The lowest BCUT2D eigenvalue weighted by molar-refractivity contribution is 0.772. The number of benzene rings is 2. The molecule has 3 heterocycles. The normalized spacial score (nSPS) is 11.5. The van der Waals surface area contributed by atoms with Crippen molar-refractivity contribution in [2.75, 3.05) is 11.1 Å². The van der Waals surface area contributed by atoms with Crippen molar-refractivity contribution >= 4 is 34.0 Å². The Bertz CT molecular complexity index is 1680. The average molecular weight is 494 g/mol. The van der Waals surface area contributed by atoms with Gasteiger partial charge < -0.3 is 11.1 Å². The van der Waals surface area contributed by atoms with Crippen molar-refractivity contribution in [3.05, 3.63) is 112 Å². The number of nitrogens with one attached hydrogen (secondary N) is 1. The van der Waals surface area contributed by atoms with Crippen LogP contribution >= 0.6 is 11.6 Å². The molecule has 5 rings (SSSR count). The Labute approximate surface area is 211 Å². The molecule has 0 aliphatic carbocycles. The van der Waals surface area contributed by atoms with Gasteiger partial charge in [-0.3, -0.25) is 9.36 Å². The van der Waals surface area contributed by atoms with Crippen LogP contribution in [0.2, 0.25) is 5.02 Å². The number of hydrogen-bond donors (Lipinski definition) is 2. The molecule has 3 N–H and O–H groups in total. The fourth-order valence-electron chi connectivity index (χ4n) is 3.91. The minimum atomic E-state index is -0.365. The van der Waals surface area contributed by atoms with Crippen molar-refractivity contribution in [2.45, 2.75) is 13.0 Å². The molecule has 0 spiro atoms. The largest absolute Gasteiger partial charge is 0.382 e. The fraction of sp³-hybridized carbons (Fsp3) is 0.0741. The second-order valence-corrected chi connectivity index (χ2v) is 8.38. The molecule has 0 radical (unpaired) electrons. The highest BCUT2D eigenvalue weighted by Gasteiger charge is 2.19. The van der Waals surface area contributed by atoms with Crippen LogP contribution in [0.3, 0.4) is 0 Å². The summed E-state index contributed by atoms with van der Waals surface area (Å²) in [6.45, 7) is 1.94. The highest BCUT2D eigenvalue weighted by molar-refractivity contribution is 6.35. The van der Waals surface area contributed by atoms with Crippen molar-refractivity contribution in [1.82, 2.24) is 24.5 Å². The summed E-state index contributed by atoms with van der Waals surface area (Å²) in [5.74, 6) is 6.68. The van der Waals surface area contributed by atoms with E-state index >= 15 is 0 Å². The second kappa shape index (κ2) is 9.86. The number of anilines is 2. The number of fused-ring (bicyclic) bond motifs is 1. The molecule has 176 valence electrons. The van der Waals surface area contributed by atoms with Crippen LogP contribution in [-0.4, -0.2) is 24.5 Å². The minimum absolute atomic E-state index is 0.209. The Morgan fingerprint density at radius 1 is 1.00 bits per heavy atom. The topological polar surface area (TPSA) is 112 Å². The van der Waals surface area contributed by atoms with E-state index in [1.807, 2.05) is 55.5 Å². The van der Waals surface area contributed by atoms with Crippen LogP contribution in [0, 0.1) is 11.8 Å². The van der Waals surface area contributed by atoms with E-state index in [1.54, 1.807) is 23.0 Å². The summed E-state index contributed by atoms with van der Waals surface area (Å²) in [6.07, 6.45) is 6.01. The molecule has 1 unspecified atom stereocenters. The van der Waals surface area contributed by atoms with Gasteiger partial charge in [0.25, 0.3) is 5.56 Å². The van der Waals surface area contributed by atoms with Crippen LogP contribution in [0.25, 0.3) is 16.5 Å². The molecule has 8 nitrogen and oxygen atoms in total. The number of hydrogen-bond acceptors (Lipinski definition) is 7.